The van der Waals surface area contributed by atoms with Gasteiger partial charge in [0.15, 0.2) is 0 Å². The molecule has 4 nitrogen and oxygen atoms in total. The molecule has 2 heterocycles. The molecule has 2 aliphatic heterocycles. The summed E-state index contributed by atoms with van der Waals surface area (Å²) in [6.45, 7) is 8.51. The summed E-state index contributed by atoms with van der Waals surface area (Å²) in [5.41, 5.74) is 5.86. The van der Waals surface area contributed by atoms with Crippen molar-refractivity contribution in [1.82, 2.24) is 5.01 Å². The number of nitrogens with zero attached hydrogens (tertiary/aromatic N) is 2. The smallest absolute Gasteiger partial charge is 0.213 e. The highest BCUT2D eigenvalue weighted by atomic mass is 16.5. The average Bonchev–Trinajstić information content (AvgIpc) is 3.24. The van der Waals surface area contributed by atoms with E-state index in [1.165, 1.54) is 11.1 Å². The van der Waals surface area contributed by atoms with Crippen molar-refractivity contribution >= 4 is 5.71 Å². The number of benzene rings is 3. The van der Waals surface area contributed by atoms with Crippen molar-refractivity contribution in [3.05, 3.63) is 95.1 Å². The van der Waals surface area contributed by atoms with Crippen LogP contribution in [-0.4, -0.2) is 16.8 Å². The first-order chi connectivity index (χ1) is 15.5. The summed E-state index contributed by atoms with van der Waals surface area (Å²) >= 11 is 0. The van der Waals surface area contributed by atoms with Gasteiger partial charge in [-0.25, -0.2) is 5.01 Å². The molecule has 4 heteroatoms. The van der Waals surface area contributed by atoms with Crippen molar-refractivity contribution in [2.24, 2.45) is 5.10 Å². The predicted molar refractivity (Wildman–Crippen MR) is 128 cm³/mol. The van der Waals surface area contributed by atoms with Gasteiger partial charge >= 0.3 is 0 Å². The second-order valence-corrected chi connectivity index (χ2v) is 9.17. The van der Waals surface area contributed by atoms with Crippen LogP contribution in [0.5, 0.6) is 11.5 Å². The van der Waals surface area contributed by atoms with Crippen molar-refractivity contribution < 1.29 is 9.47 Å². The minimum atomic E-state index is -0.239. The normalized spacial score (nSPS) is 19.4. The van der Waals surface area contributed by atoms with Crippen LogP contribution >= 0.6 is 0 Å². The second kappa shape index (κ2) is 8.34. The molecule has 3 aromatic rings. The van der Waals surface area contributed by atoms with E-state index in [4.69, 9.17) is 14.6 Å². The third kappa shape index (κ3) is 3.86. The van der Waals surface area contributed by atoms with Crippen molar-refractivity contribution in [2.75, 3.05) is 0 Å². The van der Waals surface area contributed by atoms with Crippen LogP contribution in [0.15, 0.2) is 77.9 Å². The molecule has 0 saturated heterocycles. The van der Waals surface area contributed by atoms with Gasteiger partial charge in [0, 0.05) is 17.5 Å². The lowest BCUT2D eigenvalue weighted by Crippen LogP contribution is -2.33. The van der Waals surface area contributed by atoms with Crippen molar-refractivity contribution in [1.29, 1.82) is 0 Å². The molecule has 0 saturated carbocycles. The van der Waals surface area contributed by atoms with Gasteiger partial charge in [-0.05, 0) is 61.2 Å². The van der Waals surface area contributed by atoms with Crippen LogP contribution in [0.1, 0.15) is 74.6 Å². The number of hydrogen-bond donors (Lipinski definition) is 0. The molecule has 0 aromatic heterocycles. The molecule has 0 spiro atoms. The van der Waals surface area contributed by atoms with E-state index in [9.17, 15) is 0 Å². The summed E-state index contributed by atoms with van der Waals surface area (Å²) in [6.07, 6.45) is 0.776. The quantitative estimate of drug-likeness (QED) is 0.448. The van der Waals surface area contributed by atoms with E-state index in [1.807, 2.05) is 32.0 Å². The first kappa shape index (κ1) is 20.6. The maximum atomic E-state index is 6.48. The Morgan fingerprint density at radius 1 is 0.906 bits per heavy atom. The number of fused-ring (bicyclic) bond motifs is 3. The van der Waals surface area contributed by atoms with Gasteiger partial charge in [0.2, 0.25) is 6.23 Å². The first-order valence-corrected chi connectivity index (χ1v) is 11.5. The van der Waals surface area contributed by atoms with Gasteiger partial charge in [0.25, 0.3) is 0 Å². The molecule has 2 aliphatic rings. The Kier molecular flexibility index (Phi) is 5.38. The second-order valence-electron chi connectivity index (χ2n) is 9.17. The fourth-order valence-electron chi connectivity index (χ4n) is 4.47. The Morgan fingerprint density at radius 2 is 1.62 bits per heavy atom. The lowest BCUT2D eigenvalue weighted by atomic mass is 9.95. The first-order valence-electron chi connectivity index (χ1n) is 11.5. The van der Waals surface area contributed by atoms with E-state index in [-0.39, 0.29) is 18.4 Å². The van der Waals surface area contributed by atoms with E-state index < -0.39 is 0 Å². The van der Waals surface area contributed by atoms with E-state index in [2.05, 4.69) is 73.5 Å². The molecule has 0 unspecified atom stereocenters. The maximum absolute atomic E-state index is 6.48. The Hall–Kier alpha value is -3.27. The largest absolute Gasteiger partial charge is 0.491 e. The minimum absolute atomic E-state index is 0.162. The van der Waals surface area contributed by atoms with Gasteiger partial charge in [-0.3, -0.25) is 0 Å². The van der Waals surface area contributed by atoms with E-state index in [1.54, 1.807) is 0 Å². The van der Waals surface area contributed by atoms with Gasteiger partial charge < -0.3 is 9.47 Å². The zero-order valence-corrected chi connectivity index (χ0v) is 19.2. The SMILES string of the molecule is CC(C)Oc1ccc(C2=NN3[C@@H](C2)c2ccccc2O[C@H]3c2ccc(C(C)C)cc2)cc1. The van der Waals surface area contributed by atoms with Crippen molar-refractivity contribution in [2.45, 2.75) is 58.4 Å². The predicted octanol–water partition coefficient (Wildman–Crippen LogP) is 6.84. The number of para-hydroxylation sites is 1. The fourth-order valence-corrected chi connectivity index (χ4v) is 4.47. The van der Waals surface area contributed by atoms with E-state index in [0.717, 1.165) is 34.8 Å². The Labute approximate surface area is 190 Å². The Morgan fingerprint density at radius 3 is 2.31 bits per heavy atom. The fraction of sp³-hybridized carbons (Fsp3) is 0.321. The molecule has 164 valence electrons. The molecule has 0 aliphatic carbocycles. The van der Waals surface area contributed by atoms with Crippen LogP contribution in [0.3, 0.4) is 0 Å². The monoisotopic (exact) mass is 426 g/mol. The third-order valence-corrected chi connectivity index (χ3v) is 6.15. The molecular formula is C28H30N2O2. The van der Waals surface area contributed by atoms with Crippen molar-refractivity contribution in [3.63, 3.8) is 0 Å². The summed E-state index contributed by atoms with van der Waals surface area (Å²) in [7, 11) is 0. The number of rotatable bonds is 5. The van der Waals surface area contributed by atoms with E-state index >= 15 is 0 Å². The molecular weight excluding hydrogens is 396 g/mol. The molecule has 0 amide bonds. The summed E-state index contributed by atoms with van der Waals surface area (Å²) in [6, 6.07) is 25.5. The summed E-state index contributed by atoms with van der Waals surface area (Å²) in [5, 5.41) is 7.21. The number of hydrogen-bond acceptors (Lipinski definition) is 4. The van der Waals surface area contributed by atoms with Gasteiger partial charge in [-0.15, -0.1) is 0 Å². The summed E-state index contributed by atoms with van der Waals surface area (Å²) in [4.78, 5) is 0. The van der Waals surface area contributed by atoms with E-state index in [0.29, 0.717) is 5.92 Å². The molecule has 2 atom stereocenters. The Bertz CT molecular complexity index is 1120. The topological polar surface area (TPSA) is 34.1 Å². The third-order valence-electron chi connectivity index (χ3n) is 6.15. The highest BCUT2D eigenvalue weighted by Crippen LogP contribution is 2.47. The maximum Gasteiger partial charge on any atom is 0.213 e. The lowest BCUT2D eigenvalue weighted by molar-refractivity contribution is -0.0190. The van der Waals surface area contributed by atoms with Gasteiger partial charge in [0.05, 0.1) is 17.9 Å². The van der Waals surface area contributed by atoms with Crippen LogP contribution in [0.4, 0.5) is 0 Å². The molecule has 3 aromatic carbocycles. The van der Waals surface area contributed by atoms with Gasteiger partial charge in [-0.2, -0.15) is 5.10 Å². The molecule has 0 radical (unpaired) electrons. The number of hydrazone groups is 1. The van der Waals surface area contributed by atoms with Crippen LogP contribution in [0.25, 0.3) is 0 Å². The summed E-state index contributed by atoms with van der Waals surface area (Å²) in [5.74, 6) is 2.34. The van der Waals surface area contributed by atoms with Crippen LogP contribution in [0.2, 0.25) is 0 Å². The number of ether oxygens (including phenoxy) is 2. The molecule has 32 heavy (non-hydrogen) atoms. The molecule has 0 bridgehead atoms. The highest BCUT2D eigenvalue weighted by Gasteiger charge is 2.40. The van der Waals surface area contributed by atoms with Gasteiger partial charge in [0.1, 0.15) is 11.5 Å². The molecule has 5 rings (SSSR count). The average molecular weight is 427 g/mol. The van der Waals surface area contributed by atoms with Crippen molar-refractivity contribution in [3.8, 4) is 11.5 Å². The molecule has 0 N–H and O–H groups in total. The van der Waals surface area contributed by atoms with Crippen LogP contribution in [-0.2, 0) is 0 Å². The van der Waals surface area contributed by atoms with Crippen LogP contribution in [0, 0.1) is 0 Å². The zero-order chi connectivity index (χ0) is 22.2. The highest BCUT2D eigenvalue weighted by molar-refractivity contribution is 6.02. The molecule has 0 fully saturated rings. The standard InChI is InChI=1S/C28H30N2O2/c1-18(2)20-9-11-22(12-10-20)28-30-26(24-7-5-6-8-27(24)32-28)17-25(29-30)21-13-15-23(16-14-21)31-19(3)4/h5-16,18-19,26,28H,17H2,1-4H3/t26-,28-/m0/s1. The van der Waals surface area contributed by atoms with Gasteiger partial charge in [-0.1, -0.05) is 56.3 Å². The summed E-state index contributed by atoms with van der Waals surface area (Å²) < 4.78 is 12.3. The minimum Gasteiger partial charge on any atom is -0.491 e. The van der Waals surface area contributed by atoms with Crippen LogP contribution < -0.4 is 9.47 Å². The lowest BCUT2D eigenvalue weighted by Gasteiger charge is -2.38. The Balaban J connectivity index is 1.49. The zero-order valence-electron chi connectivity index (χ0n) is 19.2.